The Labute approximate surface area is 175 Å². The molecule has 8 nitrogen and oxygen atoms in total. The predicted octanol–water partition coefficient (Wildman–Crippen LogP) is 2.34. The van der Waals surface area contributed by atoms with E-state index in [4.69, 9.17) is 0 Å². The Balaban J connectivity index is 1.35. The molecule has 0 bridgehead atoms. The summed E-state index contributed by atoms with van der Waals surface area (Å²) in [4.78, 5) is 29.8. The number of aromatic nitrogens is 1. The zero-order chi connectivity index (χ0) is 21.5. The molecule has 11 heteroatoms. The van der Waals surface area contributed by atoms with E-state index in [0.29, 0.717) is 18.8 Å². The van der Waals surface area contributed by atoms with Crippen LogP contribution in [0.2, 0.25) is 0 Å². The quantitative estimate of drug-likeness (QED) is 0.620. The molecule has 156 valence electrons. The molecule has 2 heterocycles. The van der Waals surface area contributed by atoms with Crippen molar-refractivity contribution in [3.63, 3.8) is 0 Å². The first-order valence-corrected chi connectivity index (χ1v) is 11.3. The van der Waals surface area contributed by atoms with Crippen LogP contribution in [0.25, 0.3) is 10.2 Å². The highest BCUT2D eigenvalue weighted by atomic mass is 32.2. The molecule has 0 atom stereocenters. The van der Waals surface area contributed by atoms with Crippen molar-refractivity contribution < 1.29 is 22.4 Å². The van der Waals surface area contributed by atoms with E-state index >= 15 is 0 Å². The topological polar surface area (TPSA) is 108 Å². The lowest BCUT2D eigenvalue weighted by atomic mass is 10.00. The number of carbonyl (C=O) groups is 2. The van der Waals surface area contributed by atoms with Crippen LogP contribution in [0.4, 0.5) is 15.2 Å². The van der Waals surface area contributed by atoms with Gasteiger partial charge >= 0.3 is 0 Å². The third-order valence-electron chi connectivity index (χ3n) is 4.57. The maximum Gasteiger partial charge on any atom is 0.264 e. The molecule has 0 unspecified atom stereocenters. The van der Waals surface area contributed by atoms with Crippen molar-refractivity contribution in [3.8, 4) is 0 Å². The molecule has 0 radical (unpaired) electrons. The molecular weight excluding hydrogens is 431 g/mol. The van der Waals surface area contributed by atoms with E-state index in [1.165, 1.54) is 47.7 Å². The van der Waals surface area contributed by atoms with E-state index in [-0.39, 0.29) is 22.5 Å². The lowest BCUT2D eigenvalue weighted by molar-refractivity contribution is -0.120. The van der Waals surface area contributed by atoms with Crippen LogP contribution in [0.5, 0.6) is 0 Å². The molecule has 0 aliphatic carbocycles. The van der Waals surface area contributed by atoms with E-state index in [9.17, 15) is 22.4 Å². The van der Waals surface area contributed by atoms with Crippen molar-refractivity contribution in [2.75, 3.05) is 23.3 Å². The minimum Gasteiger partial charge on any atom is -0.346 e. The number of benzene rings is 2. The second kappa shape index (κ2) is 7.65. The fourth-order valence-electron chi connectivity index (χ4n) is 3.03. The van der Waals surface area contributed by atoms with E-state index in [0.717, 1.165) is 22.3 Å². The van der Waals surface area contributed by atoms with Gasteiger partial charge in [0.15, 0.2) is 5.13 Å². The van der Waals surface area contributed by atoms with E-state index in [2.05, 4.69) is 10.3 Å². The number of nitrogens with one attached hydrogen (secondary N) is 2. The summed E-state index contributed by atoms with van der Waals surface area (Å²) in [6, 6.07) is 9.99. The Morgan fingerprint density at radius 3 is 2.53 bits per heavy atom. The van der Waals surface area contributed by atoms with Crippen LogP contribution in [-0.4, -0.2) is 38.3 Å². The molecule has 1 aromatic heterocycles. The number of hydrogen-bond acceptors (Lipinski definition) is 7. The Hall–Kier alpha value is -3.05. The summed E-state index contributed by atoms with van der Waals surface area (Å²) in [6.07, 6.45) is 0. The third-order valence-corrected chi connectivity index (χ3v) is 7.10. The van der Waals surface area contributed by atoms with E-state index in [1.807, 2.05) is 9.62 Å². The smallest absolute Gasteiger partial charge is 0.264 e. The lowest BCUT2D eigenvalue weighted by Gasteiger charge is -2.37. The molecule has 1 fully saturated rings. The number of thiazole rings is 1. The highest BCUT2D eigenvalue weighted by Crippen LogP contribution is 2.33. The summed E-state index contributed by atoms with van der Waals surface area (Å²) in [5.74, 6) is -1.41. The Morgan fingerprint density at radius 1 is 1.17 bits per heavy atom. The van der Waals surface area contributed by atoms with Crippen LogP contribution in [0.1, 0.15) is 6.92 Å². The second-order valence-corrected chi connectivity index (χ2v) is 9.58. The van der Waals surface area contributed by atoms with Crippen LogP contribution < -0.4 is 14.9 Å². The van der Waals surface area contributed by atoms with Gasteiger partial charge in [0.05, 0.1) is 21.0 Å². The Kier molecular flexibility index (Phi) is 5.16. The standard InChI is InChI=1S/C19H17FN4O4S2/c1-11(25)23-30(27,28)15-5-3-14(4-6-15)21-18(26)12-9-24(10-12)19-22-16-7-2-13(20)8-17(16)29-19/h2-8,12H,9-10H2,1H3,(H,21,26)(H,23,25). The van der Waals surface area contributed by atoms with Gasteiger partial charge in [0.1, 0.15) is 5.82 Å². The fraction of sp³-hybridized carbons (Fsp3) is 0.211. The number of carbonyl (C=O) groups excluding carboxylic acids is 2. The summed E-state index contributed by atoms with van der Waals surface area (Å²) in [7, 11) is -3.91. The zero-order valence-corrected chi connectivity index (χ0v) is 17.4. The summed E-state index contributed by atoms with van der Waals surface area (Å²) >= 11 is 1.38. The molecule has 2 aromatic carbocycles. The van der Waals surface area contributed by atoms with Crippen molar-refractivity contribution in [2.24, 2.45) is 5.92 Å². The predicted molar refractivity (Wildman–Crippen MR) is 111 cm³/mol. The lowest BCUT2D eigenvalue weighted by Crippen LogP contribution is -2.52. The van der Waals surface area contributed by atoms with Crippen molar-refractivity contribution in [2.45, 2.75) is 11.8 Å². The maximum atomic E-state index is 13.3. The monoisotopic (exact) mass is 448 g/mol. The van der Waals surface area contributed by atoms with Gasteiger partial charge in [-0.15, -0.1) is 0 Å². The summed E-state index contributed by atoms with van der Waals surface area (Å²) in [5.41, 5.74) is 1.18. The summed E-state index contributed by atoms with van der Waals surface area (Å²) in [5, 5.41) is 3.50. The molecule has 3 aromatic rings. The number of halogens is 1. The number of rotatable bonds is 5. The number of fused-ring (bicyclic) bond motifs is 1. The van der Waals surface area contributed by atoms with E-state index in [1.54, 1.807) is 6.07 Å². The highest BCUT2D eigenvalue weighted by Gasteiger charge is 2.34. The average molecular weight is 449 g/mol. The highest BCUT2D eigenvalue weighted by molar-refractivity contribution is 7.90. The van der Waals surface area contributed by atoms with Crippen LogP contribution in [-0.2, 0) is 19.6 Å². The molecule has 1 aliphatic rings. The van der Waals surface area contributed by atoms with Gasteiger partial charge in [-0.25, -0.2) is 22.5 Å². The SMILES string of the molecule is CC(=O)NS(=O)(=O)c1ccc(NC(=O)C2CN(c3nc4ccc(F)cc4s3)C2)cc1. The first-order chi connectivity index (χ1) is 14.2. The van der Waals surface area contributed by atoms with Crippen molar-refractivity contribution in [1.82, 2.24) is 9.71 Å². The van der Waals surface area contributed by atoms with Crippen molar-refractivity contribution in [3.05, 3.63) is 48.3 Å². The first kappa shape index (κ1) is 20.2. The number of sulfonamides is 1. The van der Waals surface area contributed by atoms with E-state index < -0.39 is 15.9 Å². The molecule has 0 saturated carbocycles. The average Bonchev–Trinajstić information content (AvgIpc) is 3.02. The molecule has 2 amide bonds. The van der Waals surface area contributed by atoms with Crippen LogP contribution in [0.3, 0.4) is 0 Å². The normalized spacial score (nSPS) is 14.4. The molecule has 1 aliphatic heterocycles. The van der Waals surface area contributed by atoms with Crippen LogP contribution in [0.15, 0.2) is 47.4 Å². The fourth-order valence-corrected chi connectivity index (χ4v) is 5.03. The third kappa shape index (κ3) is 4.12. The minimum absolute atomic E-state index is 0.0715. The largest absolute Gasteiger partial charge is 0.346 e. The number of hydrogen-bond donors (Lipinski definition) is 2. The van der Waals surface area contributed by atoms with Crippen molar-refractivity contribution >= 4 is 54.2 Å². The van der Waals surface area contributed by atoms with Gasteiger partial charge in [-0.3, -0.25) is 9.59 Å². The Morgan fingerprint density at radius 2 is 1.87 bits per heavy atom. The maximum absolute atomic E-state index is 13.3. The number of anilines is 2. The van der Waals surface area contributed by atoms with Gasteiger partial charge < -0.3 is 10.2 Å². The van der Waals surface area contributed by atoms with Gasteiger partial charge in [-0.1, -0.05) is 11.3 Å². The molecular formula is C19H17FN4O4S2. The zero-order valence-electron chi connectivity index (χ0n) is 15.8. The summed E-state index contributed by atoms with van der Waals surface area (Å²) < 4.78 is 39.8. The van der Waals surface area contributed by atoms with Gasteiger partial charge in [0.2, 0.25) is 11.8 Å². The first-order valence-electron chi connectivity index (χ1n) is 8.96. The number of amides is 2. The molecule has 2 N–H and O–H groups in total. The minimum atomic E-state index is -3.91. The molecule has 4 rings (SSSR count). The number of nitrogens with zero attached hydrogens (tertiary/aromatic N) is 2. The van der Waals surface area contributed by atoms with Gasteiger partial charge in [0.25, 0.3) is 10.0 Å². The second-order valence-electron chi connectivity index (χ2n) is 6.89. The van der Waals surface area contributed by atoms with Gasteiger partial charge in [-0.2, -0.15) is 0 Å². The Bertz CT molecular complexity index is 1240. The van der Waals surface area contributed by atoms with Crippen molar-refractivity contribution in [1.29, 1.82) is 0 Å². The molecule has 1 saturated heterocycles. The van der Waals surface area contributed by atoms with Gasteiger partial charge in [-0.05, 0) is 42.5 Å². The molecule has 30 heavy (non-hydrogen) atoms. The van der Waals surface area contributed by atoms with Crippen LogP contribution in [0, 0.1) is 11.7 Å². The molecule has 0 spiro atoms. The summed E-state index contributed by atoms with van der Waals surface area (Å²) in [6.45, 7) is 2.09. The van der Waals surface area contributed by atoms with Crippen LogP contribution >= 0.6 is 11.3 Å². The van der Waals surface area contributed by atoms with Gasteiger partial charge in [0, 0.05) is 25.7 Å².